The van der Waals surface area contributed by atoms with Crippen LogP contribution in [-0.4, -0.2) is 40.0 Å². The van der Waals surface area contributed by atoms with Crippen molar-refractivity contribution in [3.05, 3.63) is 65.7 Å². The molecule has 28 heavy (non-hydrogen) atoms. The highest BCUT2D eigenvalue weighted by Gasteiger charge is 2.21. The van der Waals surface area contributed by atoms with Crippen LogP contribution >= 0.6 is 0 Å². The first-order valence-corrected chi connectivity index (χ1v) is 10.3. The van der Waals surface area contributed by atoms with Crippen molar-refractivity contribution >= 4 is 21.9 Å². The van der Waals surface area contributed by atoms with E-state index in [2.05, 4.69) is 10.0 Å². The number of amides is 1. The van der Waals surface area contributed by atoms with Crippen LogP contribution in [0.25, 0.3) is 0 Å². The minimum absolute atomic E-state index is 0.0497. The zero-order valence-corrected chi connectivity index (χ0v) is 16.8. The topological polar surface area (TPSA) is 102 Å². The first kappa shape index (κ1) is 21.6. The molecule has 0 radical (unpaired) electrons. The fourth-order valence-electron chi connectivity index (χ4n) is 2.49. The lowest BCUT2D eigenvalue weighted by Gasteiger charge is -2.17. The van der Waals surface area contributed by atoms with Gasteiger partial charge >= 0.3 is 5.97 Å². The number of rotatable bonds is 8. The number of nitrogens with one attached hydrogen (secondary N) is 2. The number of sulfonamides is 1. The van der Waals surface area contributed by atoms with Gasteiger partial charge in [0, 0.05) is 6.54 Å². The van der Waals surface area contributed by atoms with Crippen LogP contribution in [0.4, 0.5) is 0 Å². The summed E-state index contributed by atoms with van der Waals surface area (Å²) >= 11 is 0. The van der Waals surface area contributed by atoms with E-state index in [9.17, 15) is 18.0 Å². The summed E-state index contributed by atoms with van der Waals surface area (Å²) in [7, 11) is -2.40. The summed E-state index contributed by atoms with van der Waals surface area (Å²) in [5, 5.41) is 2.76. The SMILES string of the molecule is CNS(=O)(=O)c1cccc(C(=O)O[C@@H](C)C(=O)NC[C@@H](C)c2ccccc2)c1. The molecule has 0 spiro atoms. The molecule has 8 heteroatoms. The van der Waals surface area contributed by atoms with E-state index < -0.39 is 28.0 Å². The molecule has 0 bridgehead atoms. The highest BCUT2D eigenvalue weighted by molar-refractivity contribution is 7.89. The molecule has 0 aliphatic heterocycles. The van der Waals surface area contributed by atoms with Crippen LogP contribution in [0.5, 0.6) is 0 Å². The van der Waals surface area contributed by atoms with Crippen LogP contribution in [0.3, 0.4) is 0 Å². The van der Waals surface area contributed by atoms with Gasteiger partial charge in [0.1, 0.15) is 0 Å². The summed E-state index contributed by atoms with van der Waals surface area (Å²) in [6, 6.07) is 15.2. The molecule has 2 N–H and O–H groups in total. The Labute approximate surface area is 165 Å². The summed E-state index contributed by atoms with van der Waals surface area (Å²) in [5.74, 6) is -1.08. The van der Waals surface area contributed by atoms with Gasteiger partial charge in [-0.15, -0.1) is 0 Å². The molecule has 2 rings (SSSR count). The fourth-order valence-corrected chi connectivity index (χ4v) is 3.26. The molecule has 0 aromatic heterocycles. The van der Waals surface area contributed by atoms with Gasteiger partial charge in [0.2, 0.25) is 10.0 Å². The second-order valence-electron chi connectivity index (χ2n) is 6.34. The zero-order chi connectivity index (χ0) is 20.7. The third-order valence-corrected chi connectivity index (χ3v) is 5.66. The molecule has 0 fully saturated rings. The van der Waals surface area contributed by atoms with Crippen molar-refractivity contribution in [3.63, 3.8) is 0 Å². The monoisotopic (exact) mass is 404 g/mol. The number of carbonyl (C=O) groups is 2. The summed E-state index contributed by atoms with van der Waals surface area (Å²) in [4.78, 5) is 24.4. The average molecular weight is 404 g/mol. The Balaban J connectivity index is 1.95. The fraction of sp³-hybridized carbons (Fsp3) is 0.300. The van der Waals surface area contributed by atoms with Gasteiger partial charge in [0.05, 0.1) is 10.5 Å². The van der Waals surface area contributed by atoms with E-state index in [1.807, 2.05) is 37.3 Å². The summed E-state index contributed by atoms with van der Waals surface area (Å²) in [5.41, 5.74) is 1.14. The maximum Gasteiger partial charge on any atom is 0.338 e. The van der Waals surface area contributed by atoms with E-state index in [1.165, 1.54) is 38.2 Å². The minimum Gasteiger partial charge on any atom is -0.449 e. The van der Waals surface area contributed by atoms with E-state index in [0.717, 1.165) is 5.56 Å². The molecule has 150 valence electrons. The van der Waals surface area contributed by atoms with Crippen molar-refractivity contribution in [2.75, 3.05) is 13.6 Å². The van der Waals surface area contributed by atoms with Gasteiger partial charge in [0.25, 0.3) is 5.91 Å². The first-order chi connectivity index (χ1) is 13.2. The molecule has 1 amide bonds. The summed E-state index contributed by atoms with van der Waals surface area (Å²) < 4.78 is 31.0. The molecular formula is C20H24N2O5S. The molecule has 0 aliphatic rings. The Morgan fingerprint density at radius 3 is 2.36 bits per heavy atom. The molecule has 2 aromatic rings. The highest BCUT2D eigenvalue weighted by Crippen LogP contribution is 2.14. The van der Waals surface area contributed by atoms with Crippen molar-refractivity contribution in [2.45, 2.75) is 30.8 Å². The van der Waals surface area contributed by atoms with Gasteiger partial charge < -0.3 is 10.1 Å². The van der Waals surface area contributed by atoms with Gasteiger partial charge in [-0.3, -0.25) is 4.79 Å². The Bertz CT molecular complexity index is 929. The molecule has 2 atom stereocenters. The van der Waals surface area contributed by atoms with E-state index in [4.69, 9.17) is 4.74 Å². The Kier molecular flexibility index (Phi) is 7.31. The maximum absolute atomic E-state index is 12.3. The zero-order valence-electron chi connectivity index (χ0n) is 16.0. The lowest BCUT2D eigenvalue weighted by atomic mass is 10.0. The predicted octanol–water partition coefficient (Wildman–Crippen LogP) is 2.06. The van der Waals surface area contributed by atoms with Crippen LogP contribution in [0, 0.1) is 0 Å². The minimum atomic E-state index is -3.68. The molecule has 0 aliphatic carbocycles. The van der Waals surface area contributed by atoms with Crippen molar-refractivity contribution in [3.8, 4) is 0 Å². The number of hydrogen-bond donors (Lipinski definition) is 2. The van der Waals surface area contributed by atoms with Gasteiger partial charge in [-0.1, -0.05) is 43.3 Å². The molecule has 0 saturated heterocycles. The Hall–Kier alpha value is -2.71. The Morgan fingerprint density at radius 1 is 1.04 bits per heavy atom. The second kappa shape index (κ2) is 9.48. The largest absolute Gasteiger partial charge is 0.449 e. The first-order valence-electron chi connectivity index (χ1n) is 8.82. The lowest BCUT2D eigenvalue weighted by Crippen LogP contribution is -2.37. The number of esters is 1. The van der Waals surface area contributed by atoms with Gasteiger partial charge in [-0.25, -0.2) is 17.9 Å². The standard InChI is InChI=1S/C20H24N2O5S/c1-14(16-8-5-4-6-9-16)13-22-19(23)15(2)27-20(24)17-10-7-11-18(12-17)28(25,26)21-3/h4-12,14-15,21H,13H2,1-3H3,(H,22,23)/t14-,15+/m1/s1. The van der Waals surface area contributed by atoms with E-state index in [-0.39, 0.29) is 16.4 Å². The van der Waals surface area contributed by atoms with E-state index in [1.54, 1.807) is 0 Å². The van der Waals surface area contributed by atoms with Crippen molar-refractivity contribution in [1.29, 1.82) is 0 Å². The molecule has 2 aromatic carbocycles. The highest BCUT2D eigenvalue weighted by atomic mass is 32.2. The van der Waals surface area contributed by atoms with Crippen molar-refractivity contribution in [1.82, 2.24) is 10.0 Å². The van der Waals surface area contributed by atoms with Crippen LogP contribution in [0.2, 0.25) is 0 Å². The third kappa shape index (κ3) is 5.64. The number of hydrogen-bond acceptors (Lipinski definition) is 5. The van der Waals surface area contributed by atoms with E-state index in [0.29, 0.717) is 6.54 Å². The number of ether oxygens (including phenoxy) is 1. The molecule has 0 heterocycles. The normalized spacial score (nSPS) is 13.4. The predicted molar refractivity (Wildman–Crippen MR) is 105 cm³/mol. The second-order valence-corrected chi connectivity index (χ2v) is 8.23. The smallest absolute Gasteiger partial charge is 0.338 e. The molecule has 0 unspecified atom stereocenters. The van der Waals surface area contributed by atoms with Gasteiger partial charge in [-0.05, 0) is 43.7 Å². The van der Waals surface area contributed by atoms with E-state index >= 15 is 0 Å². The third-order valence-electron chi connectivity index (χ3n) is 4.25. The van der Waals surface area contributed by atoms with Crippen LogP contribution in [0.1, 0.15) is 35.7 Å². The van der Waals surface area contributed by atoms with Crippen molar-refractivity contribution < 1.29 is 22.7 Å². The van der Waals surface area contributed by atoms with Crippen LogP contribution < -0.4 is 10.0 Å². The molecule has 0 saturated carbocycles. The quantitative estimate of drug-likeness (QED) is 0.656. The Morgan fingerprint density at radius 2 is 1.71 bits per heavy atom. The van der Waals surface area contributed by atoms with Gasteiger partial charge in [0.15, 0.2) is 6.10 Å². The average Bonchev–Trinajstić information content (AvgIpc) is 2.72. The number of carbonyl (C=O) groups excluding carboxylic acids is 2. The molecular weight excluding hydrogens is 380 g/mol. The summed E-state index contributed by atoms with van der Waals surface area (Å²) in [6.07, 6.45) is -1.01. The van der Waals surface area contributed by atoms with Crippen LogP contribution in [-0.2, 0) is 19.6 Å². The lowest BCUT2D eigenvalue weighted by molar-refractivity contribution is -0.129. The van der Waals surface area contributed by atoms with Crippen molar-refractivity contribution in [2.24, 2.45) is 0 Å². The van der Waals surface area contributed by atoms with Crippen LogP contribution in [0.15, 0.2) is 59.5 Å². The summed E-state index contributed by atoms with van der Waals surface area (Å²) in [6.45, 7) is 3.86. The maximum atomic E-state index is 12.3. The molecule has 7 nitrogen and oxygen atoms in total. The number of benzene rings is 2. The van der Waals surface area contributed by atoms with Gasteiger partial charge in [-0.2, -0.15) is 0 Å².